The Bertz CT molecular complexity index is 150. The number of hydrogen-bond donors (Lipinski definition) is 1. The molecule has 0 bridgehead atoms. The van der Waals surface area contributed by atoms with Crippen molar-refractivity contribution in [3.63, 3.8) is 0 Å². The van der Waals surface area contributed by atoms with Crippen LogP contribution in [0.5, 0.6) is 0 Å². The smallest absolute Gasteiger partial charge is 0.223 e. The lowest BCUT2D eigenvalue weighted by Crippen LogP contribution is -2.33. The van der Waals surface area contributed by atoms with Crippen LogP contribution in [0.1, 0.15) is 33.6 Å². The topological polar surface area (TPSA) is 29.1 Å². The Kier molecular flexibility index (Phi) is 2.53. The number of hydrogen-bond acceptors (Lipinski definition) is 1. The van der Waals surface area contributed by atoms with Gasteiger partial charge in [0, 0.05) is 12.0 Å². The van der Waals surface area contributed by atoms with Crippen molar-refractivity contribution in [2.45, 2.75) is 39.7 Å². The monoisotopic (exact) mass is 155 g/mol. The highest BCUT2D eigenvalue weighted by Gasteiger charge is 2.26. The van der Waals surface area contributed by atoms with Crippen molar-refractivity contribution >= 4 is 5.91 Å². The van der Waals surface area contributed by atoms with E-state index in [-0.39, 0.29) is 11.8 Å². The first-order chi connectivity index (χ1) is 5.11. The first kappa shape index (κ1) is 8.57. The van der Waals surface area contributed by atoms with Crippen molar-refractivity contribution in [1.82, 2.24) is 5.32 Å². The second-order valence-corrected chi connectivity index (χ2v) is 3.82. The summed E-state index contributed by atoms with van der Waals surface area (Å²) in [6.45, 7) is 6.15. The molecule has 0 aliphatic heterocycles. The molecule has 0 spiro atoms. The maximum Gasteiger partial charge on any atom is 0.223 e. The lowest BCUT2D eigenvalue weighted by Gasteiger charge is -2.14. The van der Waals surface area contributed by atoms with Crippen molar-refractivity contribution in [1.29, 1.82) is 0 Å². The van der Waals surface area contributed by atoms with E-state index in [1.807, 2.05) is 6.92 Å². The van der Waals surface area contributed by atoms with E-state index in [4.69, 9.17) is 0 Å². The van der Waals surface area contributed by atoms with Gasteiger partial charge in [-0.05, 0) is 18.8 Å². The van der Waals surface area contributed by atoms with Crippen molar-refractivity contribution in [3.05, 3.63) is 0 Å². The second-order valence-electron chi connectivity index (χ2n) is 3.82. The van der Waals surface area contributed by atoms with Gasteiger partial charge in [0.05, 0.1) is 0 Å². The van der Waals surface area contributed by atoms with Gasteiger partial charge in [-0.15, -0.1) is 0 Å². The van der Waals surface area contributed by atoms with Gasteiger partial charge in [0.15, 0.2) is 0 Å². The molecule has 1 atom stereocenters. The fourth-order valence-electron chi connectivity index (χ4n) is 0.863. The van der Waals surface area contributed by atoms with Crippen LogP contribution in [0.2, 0.25) is 0 Å². The Morgan fingerprint density at radius 1 is 1.36 bits per heavy atom. The Morgan fingerprint density at radius 3 is 2.27 bits per heavy atom. The molecule has 0 saturated heterocycles. The van der Waals surface area contributed by atoms with Gasteiger partial charge in [0.2, 0.25) is 5.91 Å². The standard InChI is InChI=1S/C9H17NO/c1-6(2)7(3)9(11)10-8-4-5-8/h6-8H,4-5H2,1-3H3,(H,10,11). The largest absolute Gasteiger partial charge is 0.353 e. The second kappa shape index (κ2) is 3.24. The Hall–Kier alpha value is -0.530. The molecule has 0 aromatic heterocycles. The van der Waals surface area contributed by atoms with E-state index < -0.39 is 0 Å². The molecule has 2 heteroatoms. The molecule has 0 aromatic carbocycles. The van der Waals surface area contributed by atoms with E-state index in [0.717, 1.165) is 0 Å². The van der Waals surface area contributed by atoms with Crippen LogP contribution in [0.15, 0.2) is 0 Å². The van der Waals surface area contributed by atoms with E-state index in [0.29, 0.717) is 12.0 Å². The van der Waals surface area contributed by atoms with Crippen molar-refractivity contribution < 1.29 is 4.79 Å². The molecule has 1 fully saturated rings. The third kappa shape index (κ3) is 2.52. The Labute approximate surface area is 68.4 Å². The quantitative estimate of drug-likeness (QED) is 0.658. The summed E-state index contributed by atoms with van der Waals surface area (Å²) in [6.07, 6.45) is 2.35. The summed E-state index contributed by atoms with van der Waals surface area (Å²) in [7, 11) is 0. The van der Waals surface area contributed by atoms with Crippen LogP contribution in [0.25, 0.3) is 0 Å². The zero-order valence-electron chi connectivity index (χ0n) is 7.55. The molecule has 0 heterocycles. The molecule has 1 unspecified atom stereocenters. The van der Waals surface area contributed by atoms with Gasteiger partial charge in [0.1, 0.15) is 0 Å². The molecule has 1 rings (SSSR count). The van der Waals surface area contributed by atoms with Crippen molar-refractivity contribution in [2.24, 2.45) is 11.8 Å². The summed E-state index contributed by atoms with van der Waals surface area (Å²) < 4.78 is 0. The zero-order chi connectivity index (χ0) is 8.43. The average Bonchev–Trinajstić information content (AvgIpc) is 2.69. The van der Waals surface area contributed by atoms with Crippen LogP contribution in [0.4, 0.5) is 0 Å². The summed E-state index contributed by atoms with van der Waals surface area (Å²) in [6, 6.07) is 0.503. The van der Waals surface area contributed by atoms with Gasteiger partial charge >= 0.3 is 0 Å². The SMILES string of the molecule is CC(C)C(C)C(=O)NC1CC1. The lowest BCUT2D eigenvalue weighted by atomic mass is 9.97. The van der Waals surface area contributed by atoms with E-state index in [1.165, 1.54) is 12.8 Å². The number of carbonyl (C=O) groups excluding carboxylic acids is 1. The number of rotatable bonds is 3. The zero-order valence-corrected chi connectivity index (χ0v) is 7.55. The van der Waals surface area contributed by atoms with Crippen LogP contribution in [0.3, 0.4) is 0 Å². The molecule has 1 aliphatic rings. The number of nitrogens with one attached hydrogen (secondary N) is 1. The molecular formula is C9H17NO. The summed E-state index contributed by atoms with van der Waals surface area (Å²) >= 11 is 0. The maximum atomic E-state index is 11.3. The Morgan fingerprint density at radius 2 is 1.91 bits per heavy atom. The minimum atomic E-state index is 0.163. The van der Waals surface area contributed by atoms with Crippen LogP contribution < -0.4 is 5.32 Å². The highest BCUT2D eigenvalue weighted by molar-refractivity contribution is 5.79. The molecule has 1 amide bonds. The molecule has 1 aliphatic carbocycles. The highest BCUT2D eigenvalue weighted by Crippen LogP contribution is 2.20. The van der Waals surface area contributed by atoms with Gasteiger partial charge in [-0.25, -0.2) is 0 Å². The van der Waals surface area contributed by atoms with Crippen LogP contribution >= 0.6 is 0 Å². The summed E-state index contributed by atoms with van der Waals surface area (Å²) in [5.41, 5.74) is 0. The molecule has 1 N–H and O–H groups in total. The lowest BCUT2D eigenvalue weighted by molar-refractivity contribution is -0.125. The molecule has 2 nitrogen and oxygen atoms in total. The third-order valence-electron chi connectivity index (χ3n) is 2.34. The predicted octanol–water partition coefficient (Wildman–Crippen LogP) is 1.56. The van der Waals surface area contributed by atoms with E-state index in [2.05, 4.69) is 19.2 Å². The van der Waals surface area contributed by atoms with E-state index >= 15 is 0 Å². The molecule has 1 saturated carbocycles. The van der Waals surface area contributed by atoms with E-state index in [1.54, 1.807) is 0 Å². The predicted molar refractivity (Wildman–Crippen MR) is 45.2 cm³/mol. The number of amides is 1. The highest BCUT2D eigenvalue weighted by atomic mass is 16.2. The molecule has 64 valence electrons. The Balaban J connectivity index is 2.26. The van der Waals surface area contributed by atoms with E-state index in [9.17, 15) is 4.79 Å². The van der Waals surface area contributed by atoms with Gasteiger partial charge in [0.25, 0.3) is 0 Å². The first-order valence-corrected chi connectivity index (χ1v) is 4.41. The van der Waals surface area contributed by atoms with Crippen LogP contribution in [0, 0.1) is 11.8 Å². The number of carbonyl (C=O) groups is 1. The van der Waals surface area contributed by atoms with Gasteiger partial charge in [-0.1, -0.05) is 20.8 Å². The summed E-state index contributed by atoms with van der Waals surface area (Å²) in [5.74, 6) is 0.840. The molecular weight excluding hydrogens is 138 g/mol. The van der Waals surface area contributed by atoms with Gasteiger partial charge < -0.3 is 5.32 Å². The van der Waals surface area contributed by atoms with Crippen molar-refractivity contribution in [2.75, 3.05) is 0 Å². The minimum absolute atomic E-state index is 0.163. The molecule has 0 radical (unpaired) electrons. The molecule has 0 aromatic rings. The summed E-state index contributed by atoms with van der Waals surface area (Å²) in [5, 5.41) is 3.00. The maximum absolute atomic E-state index is 11.3. The average molecular weight is 155 g/mol. The fourth-order valence-corrected chi connectivity index (χ4v) is 0.863. The molecule has 11 heavy (non-hydrogen) atoms. The normalized spacial score (nSPS) is 20.0. The third-order valence-corrected chi connectivity index (χ3v) is 2.34. The van der Waals surface area contributed by atoms with Crippen LogP contribution in [-0.4, -0.2) is 11.9 Å². The van der Waals surface area contributed by atoms with Gasteiger partial charge in [-0.3, -0.25) is 4.79 Å². The fraction of sp³-hybridized carbons (Fsp3) is 0.889. The minimum Gasteiger partial charge on any atom is -0.353 e. The van der Waals surface area contributed by atoms with Crippen molar-refractivity contribution in [3.8, 4) is 0 Å². The summed E-state index contributed by atoms with van der Waals surface area (Å²) in [4.78, 5) is 11.3. The van der Waals surface area contributed by atoms with Crippen LogP contribution in [-0.2, 0) is 4.79 Å². The first-order valence-electron chi connectivity index (χ1n) is 4.41. The van der Waals surface area contributed by atoms with Gasteiger partial charge in [-0.2, -0.15) is 0 Å².